The summed E-state index contributed by atoms with van der Waals surface area (Å²) in [5, 5.41) is 1.18. The van der Waals surface area contributed by atoms with Gasteiger partial charge >= 0.3 is 11.8 Å². The summed E-state index contributed by atoms with van der Waals surface area (Å²) in [5.74, 6) is -0.291. The fraction of sp³-hybridized carbons (Fsp3) is 0.348. The number of amides is 2. The molecule has 3 aromatic rings. The van der Waals surface area contributed by atoms with E-state index in [1.54, 1.807) is 0 Å². The summed E-state index contributed by atoms with van der Waals surface area (Å²) in [4.78, 5) is 37.8. The Morgan fingerprint density at radius 1 is 1.13 bits per heavy atom. The molecule has 0 saturated carbocycles. The van der Waals surface area contributed by atoms with E-state index in [-0.39, 0.29) is 5.92 Å². The number of carbonyl (C=O) groups excluding carboxylic acids is 2. The predicted octanol–water partition coefficient (Wildman–Crippen LogP) is 1.69. The average molecular weight is 419 g/mol. The highest BCUT2D eigenvalue weighted by molar-refractivity contribution is 6.40. The Morgan fingerprint density at radius 2 is 1.94 bits per heavy atom. The van der Waals surface area contributed by atoms with Gasteiger partial charge in [-0.2, -0.15) is 0 Å². The fourth-order valence-electron chi connectivity index (χ4n) is 4.72. The number of hydrogen-bond donors (Lipinski definition) is 2. The Balaban J connectivity index is 1.19. The van der Waals surface area contributed by atoms with E-state index in [0.29, 0.717) is 6.54 Å². The molecule has 5 rings (SSSR count). The SMILES string of the molecule is NC(=O)C(=O)N1C[C@@H](CCN2CCN(c3cc4cc[nH]c4cn3)CC2)c2ccccc21. The number of pyridine rings is 1. The highest BCUT2D eigenvalue weighted by Gasteiger charge is 2.34. The second-order valence-corrected chi connectivity index (χ2v) is 8.26. The van der Waals surface area contributed by atoms with Gasteiger partial charge in [-0.05, 0) is 36.7 Å². The minimum atomic E-state index is -0.905. The monoisotopic (exact) mass is 418 g/mol. The first-order valence-corrected chi connectivity index (χ1v) is 10.7. The number of piperazine rings is 1. The zero-order valence-electron chi connectivity index (χ0n) is 17.3. The molecule has 4 heterocycles. The first kappa shape index (κ1) is 19.6. The van der Waals surface area contributed by atoms with Crippen LogP contribution in [0.25, 0.3) is 10.9 Å². The van der Waals surface area contributed by atoms with Gasteiger partial charge in [0.15, 0.2) is 0 Å². The number of nitrogens with one attached hydrogen (secondary N) is 1. The van der Waals surface area contributed by atoms with Crippen molar-refractivity contribution in [3.63, 3.8) is 0 Å². The van der Waals surface area contributed by atoms with Gasteiger partial charge < -0.3 is 20.5 Å². The number of H-pyrrole nitrogens is 1. The van der Waals surface area contributed by atoms with Crippen LogP contribution in [0.1, 0.15) is 17.9 Å². The summed E-state index contributed by atoms with van der Waals surface area (Å²) in [6.45, 7) is 5.31. The van der Waals surface area contributed by atoms with Crippen LogP contribution in [0.4, 0.5) is 11.5 Å². The van der Waals surface area contributed by atoms with Crippen LogP contribution in [0.5, 0.6) is 0 Å². The molecule has 2 amide bonds. The highest BCUT2D eigenvalue weighted by Crippen LogP contribution is 2.38. The third-order valence-electron chi connectivity index (χ3n) is 6.44. The van der Waals surface area contributed by atoms with Crippen molar-refractivity contribution < 1.29 is 9.59 Å². The Labute approximate surface area is 180 Å². The molecule has 31 heavy (non-hydrogen) atoms. The van der Waals surface area contributed by atoms with Gasteiger partial charge in [0.05, 0.1) is 11.7 Å². The van der Waals surface area contributed by atoms with Crippen LogP contribution in [-0.2, 0) is 9.59 Å². The summed E-state index contributed by atoms with van der Waals surface area (Å²) in [7, 11) is 0. The fourth-order valence-corrected chi connectivity index (χ4v) is 4.72. The number of aromatic nitrogens is 2. The van der Waals surface area contributed by atoms with Crippen LogP contribution in [0.2, 0.25) is 0 Å². The smallest absolute Gasteiger partial charge is 0.316 e. The molecule has 0 bridgehead atoms. The van der Waals surface area contributed by atoms with Crippen LogP contribution in [-0.4, -0.2) is 66.0 Å². The van der Waals surface area contributed by atoms with Crippen LogP contribution in [0.3, 0.4) is 0 Å². The van der Waals surface area contributed by atoms with Gasteiger partial charge in [0, 0.05) is 55.9 Å². The van der Waals surface area contributed by atoms with E-state index < -0.39 is 11.8 Å². The summed E-state index contributed by atoms with van der Waals surface area (Å²) in [6.07, 6.45) is 4.77. The molecule has 8 heteroatoms. The van der Waals surface area contributed by atoms with E-state index in [2.05, 4.69) is 38.0 Å². The Bertz CT molecular complexity index is 1120. The lowest BCUT2D eigenvalue weighted by atomic mass is 9.97. The molecule has 0 unspecified atom stereocenters. The van der Waals surface area contributed by atoms with Gasteiger partial charge in [-0.15, -0.1) is 0 Å². The Hall–Kier alpha value is -3.39. The number of hydrogen-bond acceptors (Lipinski definition) is 5. The van der Waals surface area contributed by atoms with Gasteiger partial charge in [-0.1, -0.05) is 18.2 Å². The van der Waals surface area contributed by atoms with Crippen molar-refractivity contribution in [3.8, 4) is 0 Å². The van der Waals surface area contributed by atoms with Gasteiger partial charge in [0.2, 0.25) is 0 Å². The first-order chi connectivity index (χ1) is 15.1. The topological polar surface area (TPSA) is 98.6 Å². The third-order valence-corrected chi connectivity index (χ3v) is 6.44. The Morgan fingerprint density at radius 3 is 2.74 bits per heavy atom. The molecule has 2 aliphatic heterocycles. The number of benzene rings is 1. The number of nitrogens with two attached hydrogens (primary N) is 1. The van der Waals surface area contributed by atoms with Crippen LogP contribution >= 0.6 is 0 Å². The van der Waals surface area contributed by atoms with Gasteiger partial charge in [-0.3, -0.25) is 14.5 Å². The van der Waals surface area contributed by atoms with Crippen LogP contribution < -0.4 is 15.5 Å². The van der Waals surface area contributed by atoms with Gasteiger partial charge in [-0.25, -0.2) is 4.98 Å². The second-order valence-electron chi connectivity index (χ2n) is 8.26. The maximum absolute atomic E-state index is 12.2. The van der Waals surface area contributed by atoms with E-state index in [1.165, 1.54) is 10.3 Å². The second kappa shape index (κ2) is 8.03. The number of carbonyl (C=O) groups is 2. The minimum absolute atomic E-state index is 0.218. The molecule has 160 valence electrons. The summed E-state index contributed by atoms with van der Waals surface area (Å²) < 4.78 is 0. The normalized spacial score (nSPS) is 19.0. The zero-order valence-corrected chi connectivity index (χ0v) is 17.3. The number of nitrogens with zero attached hydrogens (tertiary/aromatic N) is 4. The molecule has 2 aliphatic rings. The molecule has 1 atom stereocenters. The molecule has 1 fully saturated rings. The van der Waals surface area contributed by atoms with Crippen molar-refractivity contribution in [3.05, 3.63) is 54.4 Å². The van der Waals surface area contributed by atoms with Crippen molar-refractivity contribution in [2.24, 2.45) is 5.73 Å². The quantitative estimate of drug-likeness (QED) is 0.629. The predicted molar refractivity (Wildman–Crippen MR) is 120 cm³/mol. The molecular formula is C23H26N6O2. The van der Waals surface area contributed by atoms with Gasteiger partial charge in [0.25, 0.3) is 0 Å². The van der Waals surface area contributed by atoms with E-state index >= 15 is 0 Å². The Kier molecular flexibility index (Phi) is 5.07. The molecule has 0 radical (unpaired) electrons. The average Bonchev–Trinajstić information content (AvgIpc) is 3.41. The summed E-state index contributed by atoms with van der Waals surface area (Å²) in [5.41, 5.74) is 8.24. The molecule has 0 aliphatic carbocycles. The lowest BCUT2D eigenvalue weighted by molar-refractivity contribution is -0.135. The number of para-hydroxylation sites is 1. The van der Waals surface area contributed by atoms with E-state index in [9.17, 15) is 9.59 Å². The van der Waals surface area contributed by atoms with Crippen molar-refractivity contribution in [1.29, 1.82) is 0 Å². The molecular weight excluding hydrogens is 392 g/mol. The van der Waals surface area contributed by atoms with Crippen molar-refractivity contribution in [2.45, 2.75) is 12.3 Å². The van der Waals surface area contributed by atoms with Crippen LogP contribution in [0, 0.1) is 0 Å². The summed E-state index contributed by atoms with van der Waals surface area (Å²) in [6, 6.07) is 12.0. The minimum Gasteiger partial charge on any atom is -0.361 e. The molecule has 0 spiro atoms. The highest BCUT2D eigenvalue weighted by atomic mass is 16.2. The first-order valence-electron chi connectivity index (χ1n) is 10.7. The van der Waals surface area contributed by atoms with Crippen LogP contribution in [0.15, 0.2) is 48.8 Å². The lowest BCUT2D eigenvalue weighted by Gasteiger charge is -2.35. The van der Waals surface area contributed by atoms with E-state index in [0.717, 1.165) is 61.7 Å². The molecule has 1 saturated heterocycles. The third kappa shape index (κ3) is 3.74. The van der Waals surface area contributed by atoms with Crippen molar-refractivity contribution in [2.75, 3.05) is 49.1 Å². The molecule has 2 aromatic heterocycles. The maximum atomic E-state index is 12.2. The molecule has 1 aromatic carbocycles. The number of aromatic amines is 1. The number of primary amides is 1. The van der Waals surface area contributed by atoms with E-state index in [1.807, 2.05) is 30.6 Å². The number of anilines is 2. The largest absolute Gasteiger partial charge is 0.361 e. The zero-order chi connectivity index (χ0) is 21.4. The van der Waals surface area contributed by atoms with Crippen molar-refractivity contribution in [1.82, 2.24) is 14.9 Å². The molecule has 3 N–H and O–H groups in total. The van der Waals surface area contributed by atoms with E-state index in [4.69, 9.17) is 5.73 Å². The lowest BCUT2D eigenvalue weighted by Crippen LogP contribution is -2.47. The molecule has 8 nitrogen and oxygen atoms in total. The summed E-state index contributed by atoms with van der Waals surface area (Å²) >= 11 is 0. The standard InChI is InChI=1S/C23H26N6O2/c24-22(30)23(31)29-15-17(18-3-1-2-4-20(18)29)6-8-27-9-11-28(12-10-27)21-13-16-5-7-25-19(16)14-26-21/h1-5,7,13-14,17,25H,6,8-12,15H2,(H2,24,30)/t17-/m1/s1. The maximum Gasteiger partial charge on any atom is 0.316 e. The number of fused-ring (bicyclic) bond motifs is 2. The van der Waals surface area contributed by atoms with Crippen molar-refractivity contribution >= 4 is 34.2 Å². The number of rotatable bonds is 4. The van der Waals surface area contributed by atoms with Gasteiger partial charge in [0.1, 0.15) is 5.82 Å².